The molecule has 1 fully saturated rings. The van der Waals surface area contributed by atoms with Gasteiger partial charge in [0.05, 0.1) is 11.4 Å². The van der Waals surface area contributed by atoms with Crippen LogP contribution in [0.5, 0.6) is 0 Å². The first-order valence-electron chi connectivity index (χ1n) is 28.7. The van der Waals surface area contributed by atoms with E-state index in [2.05, 4.69) is 256 Å². The lowest BCUT2D eigenvalue weighted by Gasteiger charge is -2.48. The molecule has 14 rings (SSSR count). The van der Waals surface area contributed by atoms with E-state index in [1.165, 1.54) is 126 Å². The van der Waals surface area contributed by atoms with Crippen LogP contribution in [0.25, 0.3) is 10.1 Å². The second-order valence-corrected chi connectivity index (χ2v) is 29.6. The first-order valence-corrected chi connectivity index (χ1v) is 29.5. The monoisotopic (exact) mass is 1010 g/mol. The highest BCUT2D eigenvalue weighted by molar-refractivity contribution is 7.33. The standard InChI is InChI=1S/C71H76BN3S/c1-65(2,3)44-24-26-47(27-25-44)75-60-38-49(73(45-20-16-14-17-21-45)46-22-18-15-19-23-46)37-59-62(60)72(64-63(75)50-39-55-56(42-61(50)76-64)71(13)35-34-70(55,12)43-71)57-40-53-54(69(10,11)33-32-68(53,8)9)41-58(57)74(59)48-28-29-51-52(36-48)67(6,7)31-30-66(51,4)5/h14-29,36-42H,30-35,43H2,1-13H3. The molecule has 2 bridgehead atoms. The molecular weight excluding hydrogens is 938 g/mol. The normalized spacial score (nSPS) is 22.6. The van der Waals surface area contributed by atoms with E-state index >= 15 is 0 Å². The number of benzene rings is 7. The first-order chi connectivity index (χ1) is 36.0. The molecule has 2 atom stereocenters. The molecule has 76 heavy (non-hydrogen) atoms. The predicted octanol–water partition coefficient (Wildman–Crippen LogP) is 18.2. The van der Waals surface area contributed by atoms with E-state index in [9.17, 15) is 0 Å². The molecule has 6 aliphatic rings. The van der Waals surface area contributed by atoms with Gasteiger partial charge in [-0.25, -0.2) is 0 Å². The highest BCUT2D eigenvalue weighted by Crippen LogP contribution is 2.63. The minimum Gasteiger partial charge on any atom is -0.311 e. The van der Waals surface area contributed by atoms with Crippen molar-refractivity contribution in [3.8, 4) is 0 Å². The third-order valence-corrected chi connectivity index (χ3v) is 21.6. The summed E-state index contributed by atoms with van der Waals surface area (Å²) in [6.45, 7) is 32.1. The Labute approximate surface area is 458 Å². The summed E-state index contributed by atoms with van der Waals surface area (Å²) >= 11 is 2.08. The molecule has 0 saturated heterocycles. The molecule has 2 unspecified atom stereocenters. The van der Waals surface area contributed by atoms with Crippen molar-refractivity contribution in [1.82, 2.24) is 0 Å². The Balaban J connectivity index is 1.15. The highest BCUT2D eigenvalue weighted by atomic mass is 32.1. The third-order valence-electron chi connectivity index (χ3n) is 20.4. The summed E-state index contributed by atoms with van der Waals surface area (Å²) in [6.07, 6.45) is 8.47. The Morgan fingerprint density at radius 1 is 0.461 bits per heavy atom. The van der Waals surface area contributed by atoms with Gasteiger partial charge in [0.15, 0.2) is 0 Å². The van der Waals surface area contributed by atoms with Crippen molar-refractivity contribution < 1.29 is 0 Å². The van der Waals surface area contributed by atoms with Crippen molar-refractivity contribution in [2.45, 2.75) is 173 Å². The van der Waals surface area contributed by atoms with Gasteiger partial charge >= 0.3 is 0 Å². The van der Waals surface area contributed by atoms with E-state index in [0.29, 0.717) is 0 Å². The maximum absolute atomic E-state index is 2.74. The molecule has 0 radical (unpaired) electrons. The number of fused-ring (bicyclic) bond motifs is 13. The summed E-state index contributed by atoms with van der Waals surface area (Å²) in [7, 11) is 0. The van der Waals surface area contributed by atoms with Crippen LogP contribution in [0.3, 0.4) is 0 Å². The van der Waals surface area contributed by atoms with E-state index in [1.54, 1.807) is 11.1 Å². The molecule has 3 heterocycles. The number of rotatable bonds is 5. The lowest BCUT2D eigenvalue weighted by Crippen LogP contribution is -2.61. The van der Waals surface area contributed by atoms with Gasteiger partial charge in [-0.1, -0.05) is 151 Å². The Morgan fingerprint density at radius 2 is 0.974 bits per heavy atom. The molecule has 3 nitrogen and oxygen atoms in total. The van der Waals surface area contributed by atoms with Crippen LogP contribution >= 0.6 is 11.3 Å². The van der Waals surface area contributed by atoms with Crippen molar-refractivity contribution in [2.75, 3.05) is 14.7 Å². The van der Waals surface area contributed by atoms with Crippen molar-refractivity contribution >= 4 is 95.0 Å². The summed E-state index contributed by atoms with van der Waals surface area (Å²) in [5.74, 6) is 0. The number of hydrogen-bond acceptors (Lipinski definition) is 4. The summed E-state index contributed by atoms with van der Waals surface area (Å²) < 4.78 is 2.89. The van der Waals surface area contributed by atoms with Crippen molar-refractivity contribution in [2.24, 2.45) is 0 Å². The van der Waals surface area contributed by atoms with Crippen LogP contribution in [-0.4, -0.2) is 6.71 Å². The lowest BCUT2D eigenvalue weighted by atomic mass is 9.35. The molecule has 384 valence electrons. The van der Waals surface area contributed by atoms with Gasteiger partial charge < -0.3 is 14.7 Å². The summed E-state index contributed by atoms with van der Waals surface area (Å²) in [5, 5.41) is 1.40. The third kappa shape index (κ3) is 6.91. The molecule has 1 saturated carbocycles. The van der Waals surface area contributed by atoms with Crippen molar-refractivity contribution in [3.05, 3.63) is 178 Å². The van der Waals surface area contributed by atoms with Crippen LogP contribution in [0.4, 0.5) is 51.2 Å². The fourth-order valence-corrected chi connectivity index (χ4v) is 17.1. The maximum Gasteiger partial charge on any atom is 0.264 e. The van der Waals surface area contributed by atoms with Crippen LogP contribution in [0.1, 0.15) is 174 Å². The quantitative estimate of drug-likeness (QED) is 0.159. The van der Waals surface area contributed by atoms with Crippen LogP contribution in [0.2, 0.25) is 0 Å². The maximum atomic E-state index is 2.74. The van der Waals surface area contributed by atoms with Crippen molar-refractivity contribution in [3.63, 3.8) is 0 Å². The molecule has 1 aromatic heterocycles. The van der Waals surface area contributed by atoms with Gasteiger partial charge in [-0.05, 0) is 212 Å². The Morgan fingerprint density at radius 3 is 1.55 bits per heavy atom. The lowest BCUT2D eigenvalue weighted by molar-refractivity contribution is 0.332. The average molecular weight is 1010 g/mol. The topological polar surface area (TPSA) is 9.72 Å². The molecule has 8 aromatic rings. The molecule has 5 heteroatoms. The zero-order chi connectivity index (χ0) is 52.9. The molecular formula is C71H76BN3S. The fourth-order valence-electron chi connectivity index (χ4n) is 15.7. The number of para-hydroxylation sites is 2. The smallest absolute Gasteiger partial charge is 0.264 e. The van der Waals surface area contributed by atoms with Gasteiger partial charge in [0.1, 0.15) is 0 Å². The van der Waals surface area contributed by atoms with Crippen LogP contribution < -0.4 is 30.4 Å². The average Bonchev–Trinajstić information content (AvgIpc) is 3.56. The van der Waals surface area contributed by atoms with E-state index in [-0.39, 0.29) is 44.6 Å². The van der Waals surface area contributed by atoms with Gasteiger partial charge in [0.2, 0.25) is 0 Å². The van der Waals surface area contributed by atoms with Gasteiger partial charge in [-0.15, -0.1) is 11.3 Å². The summed E-state index contributed by atoms with van der Waals surface area (Å²) in [5.41, 5.74) is 25.1. The predicted molar refractivity (Wildman–Crippen MR) is 328 cm³/mol. The largest absolute Gasteiger partial charge is 0.311 e. The zero-order valence-corrected chi connectivity index (χ0v) is 48.4. The number of anilines is 9. The van der Waals surface area contributed by atoms with Gasteiger partial charge in [-0.2, -0.15) is 0 Å². The van der Waals surface area contributed by atoms with E-state index < -0.39 is 0 Å². The number of thiophene rings is 1. The molecule has 0 N–H and O–H groups in total. The summed E-state index contributed by atoms with van der Waals surface area (Å²) in [4.78, 5) is 7.97. The number of hydrogen-bond donors (Lipinski definition) is 0. The van der Waals surface area contributed by atoms with E-state index in [1.807, 2.05) is 0 Å². The van der Waals surface area contributed by atoms with Crippen LogP contribution in [-0.2, 0) is 37.9 Å². The van der Waals surface area contributed by atoms with Gasteiger partial charge in [0.25, 0.3) is 6.71 Å². The first kappa shape index (κ1) is 48.3. The zero-order valence-electron chi connectivity index (χ0n) is 47.6. The van der Waals surface area contributed by atoms with Crippen LogP contribution in [0.15, 0.2) is 140 Å². The minimum absolute atomic E-state index is 0.0153. The molecule has 0 spiro atoms. The minimum atomic E-state index is 0.0153. The highest BCUT2D eigenvalue weighted by Gasteiger charge is 2.54. The van der Waals surface area contributed by atoms with Crippen LogP contribution in [0, 0.1) is 0 Å². The van der Waals surface area contributed by atoms with E-state index in [4.69, 9.17) is 0 Å². The fraction of sp³-hybridized carbons (Fsp3) is 0.380. The van der Waals surface area contributed by atoms with Gasteiger partial charge in [-0.3, -0.25) is 0 Å². The number of nitrogens with zero attached hydrogens (tertiary/aromatic N) is 3. The van der Waals surface area contributed by atoms with E-state index in [0.717, 1.165) is 23.5 Å². The molecule has 4 aliphatic carbocycles. The molecule has 0 amide bonds. The summed E-state index contributed by atoms with van der Waals surface area (Å²) in [6, 6.07) is 55.4. The Bertz CT molecular complexity index is 3680. The SMILES string of the molecule is CC(C)(C)c1ccc(N2c3cc(N(c4ccccc4)c4ccccc4)cc4c3B(c3cc5c(cc3N4c3ccc4c(c3)C(C)(C)CCC4(C)C)C(C)(C)CCC5(C)C)c3sc4cc5c(cc4c32)C2(C)CCC5(C)C2)cc1. The molecule has 7 aromatic carbocycles. The second kappa shape index (κ2) is 15.8. The Kier molecular flexibility index (Phi) is 10.1. The Hall–Kier alpha value is -6.04. The second-order valence-electron chi connectivity index (χ2n) is 28.5. The molecule has 2 aliphatic heterocycles. The van der Waals surface area contributed by atoms with Crippen molar-refractivity contribution in [1.29, 1.82) is 0 Å². The van der Waals surface area contributed by atoms with Gasteiger partial charge in [0, 0.05) is 54.7 Å².